The lowest BCUT2D eigenvalue weighted by atomic mass is 10.1. The number of hydrogen-bond donors (Lipinski definition) is 2. The lowest BCUT2D eigenvalue weighted by Gasteiger charge is -2.24. The van der Waals surface area contributed by atoms with Gasteiger partial charge >= 0.3 is 6.09 Å². The summed E-state index contributed by atoms with van der Waals surface area (Å²) in [6.45, 7) is 6.42. The lowest BCUT2D eigenvalue weighted by Crippen LogP contribution is -2.41. The van der Waals surface area contributed by atoms with Crippen LogP contribution in [-0.4, -0.2) is 35.6 Å². The molecule has 0 radical (unpaired) electrons. The van der Waals surface area contributed by atoms with E-state index in [0.717, 1.165) is 11.3 Å². The minimum Gasteiger partial charge on any atom is -0.444 e. The van der Waals surface area contributed by atoms with Crippen LogP contribution >= 0.6 is 0 Å². The van der Waals surface area contributed by atoms with Crippen molar-refractivity contribution in [3.8, 4) is 0 Å². The average molecular weight is 239 g/mol. The van der Waals surface area contributed by atoms with E-state index in [1.807, 2.05) is 20.8 Å². The van der Waals surface area contributed by atoms with Gasteiger partial charge in [-0.3, -0.25) is 15.1 Å². The summed E-state index contributed by atoms with van der Waals surface area (Å²) in [5, 5.41) is 0. The van der Waals surface area contributed by atoms with Gasteiger partial charge in [0.15, 0.2) is 0 Å². The fraction of sp³-hybridized carbons (Fsp3) is 0.636. The molecule has 6 heteroatoms. The molecule has 0 unspecified atom stereocenters. The first kappa shape index (κ1) is 11.8. The molecule has 0 aromatic carbocycles. The van der Waals surface area contributed by atoms with E-state index in [2.05, 4.69) is 10.9 Å². The Morgan fingerprint density at radius 3 is 2.65 bits per heavy atom. The van der Waals surface area contributed by atoms with Crippen molar-refractivity contribution in [2.45, 2.75) is 32.8 Å². The summed E-state index contributed by atoms with van der Waals surface area (Å²) >= 11 is 0. The highest BCUT2D eigenvalue weighted by molar-refractivity contribution is 5.81. The smallest absolute Gasteiger partial charge is 0.410 e. The van der Waals surface area contributed by atoms with Crippen LogP contribution in [0.4, 0.5) is 4.79 Å². The standard InChI is InChI=1S/C11H17N3O3/c1-11(2,3)17-10(16)14-5-7-4-9(15)13-12-8(7)6-14/h12H,4-6H2,1-3H3,(H,13,15). The fourth-order valence-corrected chi connectivity index (χ4v) is 1.81. The minimum atomic E-state index is -0.498. The van der Waals surface area contributed by atoms with E-state index in [-0.39, 0.29) is 12.0 Å². The SMILES string of the molecule is CC(C)(C)OC(=O)N1CC2=C(C1)NNC(=O)C2. The second-order valence-electron chi connectivity index (χ2n) is 5.27. The van der Waals surface area contributed by atoms with Crippen molar-refractivity contribution in [1.82, 2.24) is 15.8 Å². The molecule has 0 bridgehead atoms. The summed E-state index contributed by atoms with van der Waals surface area (Å²) < 4.78 is 5.28. The van der Waals surface area contributed by atoms with Gasteiger partial charge in [-0.05, 0) is 26.3 Å². The van der Waals surface area contributed by atoms with Gasteiger partial charge in [0.05, 0.1) is 18.7 Å². The molecule has 94 valence electrons. The van der Waals surface area contributed by atoms with Gasteiger partial charge in [0.1, 0.15) is 5.60 Å². The van der Waals surface area contributed by atoms with Gasteiger partial charge in [-0.15, -0.1) is 0 Å². The van der Waals surface area contributed by atoms with Crippen LogP contribution in [0.2, 0.25) is 0 Å². The Bertz CT molecular complexity index is 395. The first-order valence-corrected chi connectivity index (χ1v) is 5.59. The van der Waals surface area contributed by atoms with Crippen LogP contribution in [0.5, 0.6) is 0 Å². The van der Waals surface area contributed by atoms with Crippen LogP contribution < -0.4 is 10.9 Å². The molecule has 17 heavy (non-hydrogen) atoms. The highest BCUT2D eigenvalue weighted by Crippen LogP contribution is 2.22. The molecule has 6 nitrogen and oxygen atoms in total. The Labute approximate surface area is 100.0 Å². The highest BCUT2D eigenvalue weighted by Gasteiger charge is 2.32. The monoisotopic (exact) mass is 239 g/mol. The van der Waals surface area contributed by atoms with Crippen LogP contribution in [0.25, 0.3) is 0 Å². The predicted molar refractivity (Wildman–Crippen MR) is 60.7 cm³/mol. The second-order valence-corrected chi connectivity index (χ2v) is 5.27. The number of hydrogen-bond acceptors (Lipinski definition) is 4. The predicted octanol–water partition coefficient (Wildman–Crippen LogP) is 0.516. The van der Waals surface area contributed by atoms with E-state index >= 15 is 0 Å². The summed E-state index contributed by atoms with van der Waals surface area (Å²) in [7, 11) is 0. The lowest BCUT2D eigenvalue weighted by molar-refractivity contribution is -0.121. The third-order valence-corrected chi connectivity index (χ3v) is 2.54. The molecule has 2 aliphatic heterocycles. The molecular weight excluding hydrogens is 222 g/mol. The van der Waals surface area contributed by atoms with Crippen molar-refractivity contribution in [1.29, 1.82) is 0 Å². The molecule has 2 rings (SSSR count). The molecule has 0 aliphatic carbocycles. The number of nitrogens with one attached hydrogen (secondary N) is 2. The van der Waals surface area contributed by atoms with Gasteiger partial charge in [0, 0.05) is 6.54 Å². The van der Waals surface area contributed by atoms with Crippen LogP contribution in [0.15, 0.2) is 11.3 Å². The topological polar surface area (TPSA) is 70.7 Å². The number of hydrazine groups is 1. The minimum absolute atomic E-state index is 0.0743. The van der Waals surface area contributed by atoms with Crippen LogP contribution in [0.1, 0.15) is 27.2 Å². The first-order chi connectivity index (χ1) is 7.85. The van der Waals surface area contributed by atoms with Gasteiger partial charge in [-0.2, -0.15) is 0 Å². The summed E-state index contributed by atoms with van der Waals surface area (Å²) in [6, 6.07) is 0. The molecule has 0 aromatic heterocycles. The number of nitrogens with zero attached hydrogens (tertiary/aromatic N) is 1. The Hall–Kier alpha value is -1.72. The van der Waals surface area contributed by atoms with Crippen LogP contribution in [0.3, 0.4) is 0 Å². The molecular formula is C11H17N3O3. The largest absolute Gasteiger partial charge is 0.444 e. The van der Waals surface area contributed by atoms with Gasteiger partial charge in [0.2, 0.25) is 5.91 Å². The third-order valence-electron chi connectivity index (χ3n) is 2.54. The highest BCUT2D eigenvalue weighted by atomic mass is 16.6. The second kappa shape index (κ2) is 3.94. The summed E-state index contributed by atoms with van der Waals surface area (Å²) in [5.74, 6) is -0.0743. The number of carbonyl (C=O) groups is 2. The first-order valence-electron chi connectivity index (χ1n) is 5.59. The molecule has 2 heterocycles. The summed E-state index contributed by atoms with van der Waals surface area (Å²) in [5.41, 5.74) is 6.70. The van der Waals surface area contributed by atoms with Crippen LogP contribution in [-0.2, 0) is 9.53 Å². The summed E-state index contributed by atoms with van der Waals surface area (Å²) in [6.07, 6.45) is 0.00268. The van der Waals surface area contributed by atoms with Gasteiger partial charge in [-0.25, -0.2) is 4.79 Å². The van der Waals surface area contributed by atoms with E-state index in [4.69, 9.17) is 4.74 Å². The van der Waals surface area contributed by atoms with Crippen molar-refractivity contribution >= 4 is 12.0 Å². The Balaban J connectivity index is 1.96. The Kier molecular flexibility index (Phi) is 2.73. The van der Waals surface area contributed by atoms with Gasteiger partial charge < -0.3 is 10.2 Å². The maximum Gasteiger partial charge on any atom is 0.410 e. The molecule has 2 aliphatic rings. The maximum atomic E-state index is 11.8. The van der Waals surface area contributed by atoms with E-state index in [1.54, 1.807) is 4.90 Å². The van der Waals surface area contributed by atoms with E-state index in [1.165, 1.54) is 0 Å². The normalized spacial score (nSPS) is 19.7. The average Bonchev–Trinajstić information content (AvgIpc) is 2.57. The molecule has 2 amide bonds. The zero-order valence-electron chi connectivity index (χ0n) is 10.3. The van der Waals surface area contributed by atoms with E-state index in [9.17, 15) is 9.59 Å². The molecule has 0 aromatic rings. The van der Waals surface area contributed by atoms with Crippen molar-refractivity contribution in [3.05, 3.63) is 11.3 Å². The molecule has 2 N–H and O–H groups in total. The third kappa shape index (κ3) is 2.69. The van der Waals surface area contributed by atoms with Crippen molar-refractivity contribution in [3.63, 3.8) is 0 Å². The molecule has 0 saturated heterocycles. The van der Waals surface area contributed by atoms with E-state index in [0.29, 0.717) is 19.5 Å². The number of ether oxygens (including phenoxy) is 1. The zero-order chi connectivity index (χ0) is 12.6. The molecule has 0 atom stereocenters. The maximum absolute atomic E-state index is 11.8. The van der Waals surface area contributed by atoms with Crippen molar-refractivity contribution in [2.24, 2.45) is 0 Å². The van der Waals surface area contributed by atoms with Crippen molar-refractivity contribution < 1.29 is 14.3 Å². The number of amides is 2. The fourth-order valence-electron chi connectivity index (χ4n) is 1.81. The summed E-state index contributed by atoms with van der Waals surface area (Å²) in [4.78, 5) is 24.6. The molecule has 0 fully saturated rings. The Morgan fingerprint density at radius 2 is 2.00 bits per heavy atom. The molecule has 0 spiro atoms. The Morgan fingerprint density at radius 1 is 1.29 bits per heavy atom. The van der Waals surface area contributed by atoms with Crippen molar-refractivity contribution in [2.75, 3.05) is 13.1 Å². The number of rotatable bonds is 0. The van der Waals surface area contributed by atoms with Gasteiger partial charge in [-0.1, -0.05) is 0 Å². The van der Waals surface area contributed by atoms with Crippen LogP contribution in [0, 0.1) is 0 Å². The van der Waals surface area contributed by atoms with Gasteiger partial charge in [0.25, 0.3) is 0 Å². The quantitative estimate of drug-likeness (QED) is 0.646. The zero-order valence-corrected chi connectivity index (χ0v) is 10.3. The number of carbonyl (C=O) groups excluding carboxylic acids is 2. The molecule has 0 saturated carbocycles. The van der Waals surface area contributed by atoms with E-state index < -0.39 is 5.60 Å².